The van der Waals surface area contributed by atoms with Crippen molar-refractivity contribution >= 4 is 17.3 Å². The third-order valence-electron chi connectivity index (χ3n) is 4.47. The van der Waals surface area contributed by atoms with E-state index in [1.54, 1.807) is 12.1 Å². The molecule has 3 heteroatoms. The number of benzene rings is 1. The lowest BCUT2D eigenvalue weighted by Crippen LogP contribution is -2.28. The van der Waals surface area contributed by atoms with Gasteiger partial charge in [0, 0.05) is 11.1 Å². The van der Waals surface area contributed by atoms with E-state index in [2.05, 4.69) is 11.4 Å². The van der Waals surface area contributed by atoms with Gasteiger partial charge in [-0.15, -0.1) is 0 Å². The monoisotopic (exact) mass is 274 g/mol. The second-order valence-corrected chi connectivity index (χ2v) is 6.34. The van der Waals surface area contributed by atoms with Crippen LogP contribution in [0.2, 0.25) is 5.02 Å². The smallest absolute Gasteiger partial charge is 0.101 e. The van der Waals surface area contributed by atoms with Crippen molar-refractivity contribution < 1.29 is 0 Å². The summed E-state index contributed by atoms with van der Waals surface area (Å²) in [5.41, 5.74) is 1.59. The van der Waals surface area contributed by atoms with Crippen molar-refractivity contribution in [1.82, 2.24) is 0 Å². The van der Waals surface area contributed by atoms with Gasteiger partial charge in [0.25, 0.3) is 0 Å². The predicted octanol–water partition coefficient (Wildman–Crippen LogP) is 4.59. The van der Waals surface area contributed by atoms with E-state index in [1.807, 2.05) is 6.07 Å². The Balaban J connectivity index is 1.70. The number of hydrogen-bond donors (Lipinski definition) is 1. The van der Waals surface area contributed by atoms with Gasteiger partial charge in [-0.2, -0.15) is 5.26 Å². The second kappa shape index (κ2) is 5.43. The summed E-state index contributed by atoms with van der Waals surface area (Å²) in [6, 6.07) is 8.19. The highest BCUT2D eigenvalue weighted by Gasteiger charge is 2.34. The first-order chi connectivity index (χ1) is 9.26. The van der Waals surface area contributed by atoms with E-state index < -0.39 is 0 Å². The van der Waals surface area contributed by atoms with E-state index in [4.69, 9.17) is 16.9 Å². The fourth-order valence-corrected chi connectivity index (χ4v) is 3.48. The molecule has 0 spiro atoms. The molecule has 0 radical (unpaired) electrons. The first-order valence-corrected chi connectivity index (χ1v) is 7.60. The van der Waals surface area contributed by atoms with Gasteiger partial charge in [0.05, 0.1) is 11.3 Å². The normalized spacial score (nSPS) is 26.7. The number of hydrogen-bond acceptors (Lipinski definition) is 2. The largest absolute Gasteiger partial charge is 0.381 e. The predicted molar refractivity (Wildman–Crippen MR) is 78.3 cm³/mol. The number of halogens is 1. The maximum absolute atomic E-state index is 9.16. The van der Waals surface area contributed by atoms with Crippen LogP contribution >= 0.6 is 11.6 Å². The van der Waals surface area contributed by atoms with Crippen LogP contribution in [-0.2, 0) is 0 Å². The molecular formula is C16H19ClN2. The number of nitrogens with one attached hydrogen (secondary N) is 1. The zero-order chi connectivity index (χ0) is 13.2. The molecule has 3 rings (SSSR count). The Labute approximate surface area is 119 Å². The van der Waals surface area contributed by atoms with Crippen LogP contribution in [0.15, 0.2) is 18.2 Å². The lowest BCUT2D eigenvalue weighted by molar-refractivity contribution is 0.303. The molecule has 2 aliphatic rings. The lowest BCUT2D eigenvalue weighted by Gasteiger charge is -2.30. The van der Waals surface area contributed by atoms with Gasteiger partial charge in [0.1, 0.15) is 6.07 Å². The SMILES string of the molecule is N#Cc1ccc(Cl)cc1NC1CCCC(C2CC2)C1. The second-order valence-electron chi connectivity index (χ2n) is 5.91. The summed E-state index contributed by atoms with van der Waals surface area (Å²) in [6.45, 7) is 0. The fourth-order valence-electron chi connectivity index (χ4n) is 3.31. The molecule has 2 fully saturated rings. The maximum Gasteiger partial charge on any atom is 0.101 e. The highest BCUT2D eigenvalue weighted by Crippen LogP contribution is 2.44. The van der Waals surface area contributed by atoms with Gasteiger partial charge in [-0.25, -0.2) is 0 Å². The fraction of sp³-hybridized carbons (Fsp3) is 0.562. The Morgan fingerprint density at radius 3 is 2.74 bits per heavy atom. The van der Waals surface area contributed by atoms with Crippen molar-refractivity contribution in [3.8, 4) is 6.07 Å². The molecule has 19 heavy (non-hydrogen) atoms. The average Bonchev–Trinajstić information content (AvgIpc) is 3.24. The molecule has 0 aromatic heterocycles. The van der Waals surface area contributed by atoms with Gasteiger partial charge in [0.2, 0.25) is 0 Å². The van der Waals surface area contributed by atoms with Crippen LogP contribution < -0.4 is 5.32 Å². The van der Waals surface area contributed by atoms with Crippen molar-refractivity contribution in [2.24, 2.45) is 11.8 Å². The molecule has 2 saturated carbocycles. The van der Waals surface area contributed by atoms with Crippen molar-refractivity contribution in [1.29, 1.82) is 5.26 Å². The van der Waals surface area contributed by atoms with Crippen LogP contribution in [0, 0.1) is 23.2 Å². The molecule has 0 heterocycles. The van der Waals surface area contributed by atoms with E-state index in [1.165, 1.54) is 38.5 Å². The summed E-state index contributed by atoms with van der Waals surface area (Å²) in [7, 11) is 0. The molecule has 1 N–H and O–H groups in total. The Morgan fingerprint density at radius 1 is 1.16 bits per heavy atom. The summed E-state index contributed by atoms with van der Waals surface area (Å²) in [5, 5.41) is 13.4. The molecule has 2 nitrogen and oxygen atoms in total. The molecule has 0 bridgehead atoms. The van der Waals surface area contributed by atoms with Gasteiger partial charge in [-0.3, -0.25) is 0 Å². The van der Waals surface area contributed by atoms with Gasteiger partial charge in [-0.05, 0) is 55.7 Å². The molecule has 0 amide bonds. The lowest BCUT2D eigenvalue weighted by atomic mass is 9.82. The molecule has 0 aliphatic heterocycles. The van der Waals surface area contributed by atoms with Gasteiger partial charge in [0.15, 0.2) is 0 Å². The van der Waals surface area contributed by atoms with Crippen molar-refractivity contribution in [2.75, 3.05) is 5.32 Å². The van der Waals surface area contributed by atoms with Crippen LogP contribution in [0.3, 0.4) is 0 Å². The molecule has 1 aromatic rings. The molecule has 1 aromatic carbocycles. The summed E-state index contributed by atoms with van der Waals surface area (Å²) >= 11 is 6.03. The first kappa shape index (κ1) is 12.8. The molecule has 2 atom stereocenters. The average molecular weight is 275 g/mol. The minimum atomic E-state index is 0.505. The summed E-state index contributed by atoms with van der Waals surface area (Å²) in [4.78, 5) is 0. The van der Waals surface area contributed by atoms with Crippen LogP contribution in [0.5, 0.6) is 0 Å². The molecule has 0 saturated heterocycles. The Bertz CT molecular complexity index is 502. The van der Waals surface area contributed by atoms with E-state index in [-0.39, 0.29) is 0 Å². The molecular weight excluding hydrogens is 256 g/mol. The number of nitrogens with zero attached hydrogens (tertiary/aromatic N) is 1. The third kappa shape index (κ3) is 3.04. The first-order valence-electron chi connectivity index (χ1n) is 7.22. The van der Waals surface area contributed by atoms with Crippen molar-refractivity contribution in [3.63, 3.8) is 0 Å². The summed E-state index contributed by atoms with van der Waals surface area (Å²) in [6.07, 6.45) is 8.02. The minimum absolute atomic E-state index is 0.505. The highest BCUT2D eigenvalue weighted by molar-refractivity contribution is 6.30. The third-order valence-corrected chi connectivity index (χ3v) is 4.70. The quantitative estimate of drug-likeness (QED) is 0.875. The standard InChI is InChI=1S/C16H19ClN2/c17-14-7-6-13(10-18)16(9-14)19-15-3-1-2-12(8-15)11-4-5-11/h6-7,9,11-12,15,19H,1-5,8H2. The van der Waals surface area contributed by atoms with Crippen LogP contribution in [0.25, 0.3) is 0 Å². The van der Waals surface area contributed by atoms with E-state index in [9.17, 15) is 0 Å². The highest BCUT2D eigenvalue weighted by atomic mass is 35.5. The van der Waals surface area contributed by atoms with E-state index in [0.717, 1.165) is 17.5 Å². The Hall–Kier alpha value is -1.20. The molecule has 2 unspecified atom stereocenters. The maximum atomic E-state index is 9.16. The number of anilines is 1. The number of nitriles is 1. The van der Waals surface area contributed by atoms with E-state index >= 15 is 0 Å². The summed E-state index contributed by atoms with van der Waals surface area (Å²) < 4.78 is 0. The van der Waals surface area contributed by atoms with Crippen LogP contribution in [0.4, 0.5) is 5.69 Å². The van der Waals surface area contributed by atoms with Gasteiger partial charge >= 0.3 is 0 Å². The van der Waals surface area contributed by atoms with Crippen LogP contribution in [-0.4, -0.2) is 6.04 Å². The van der Waals surface area contributed by atoms with Gasteiger partial charge < -0.3 is 5.32 Å². The zero-order valence-electron chi connectivity index (χ0n) is 11.0. The minimum Gasteiger partial charge on any atom is -0.381 e. The van der Waals surface area contributed by atoms with Crippen molar-refractivity contribution in [2.45, 2.75) is 44.6 Å². The van der Waals surface area contributed by atoms with Gasteiger partial charge in [-0.1, -0.05) is 24.4 Å². The summed E-state index contributed by atoms with van der Waals surface area (Å²) in [5.74, 6) is 1.88. The van der Waals surface area contributed by atoms with Crippen molar-refractivity contribution in [3.05, 3.63) is 28.8 Å². The Morgan fingerprint density at radius 2 is 2.00 bits per heavy atom. The number of rotatable bonds is 3. The topological polar surface area (TPSA) is 35.8 Å². The van der Waals surface area contributed by atoms with E-state index in [0.29, 0.717) is 16.6 Å². The molecule has 2 aliphatic carbocycles. The van der Waals surface area contributed by atoms with Crippen LogP contribution in [0.1, 0.15) is 44.1 Å². The zero-order valence-corrected chi connectivity index (χ0v) is 11.8. The Kier molecular flexibility index (Phi) is 3.66. The molecule has 100 valence electrons.